The van der Waals surface area contributed by atoms with E-state index in [0.717, 1.165) is 39.2 Å². The molecule has 2 amide bonds. The molecule has 0 saturated heterocycles. The molecule has 52 heavy (non-hydrogen) atoms. The first kappa shape index (κ1) is 45.8. The van der Waals surface area contributed by atoms with Gasteiger partial charge in [0.15, 0.2) is 5.60 Å². The van der Waals surface area contributed by atoms with Gasteiger partial charge in [0, 0.05) is 39.5 Å². The summed E-state index contributed by atoms with van der Waals surface area (Å²) < 4.78 is 15.4. The van der Waals surface area contributed by atoms with Gasteiger partial charge in [0.1, 0.15) is 24.2 Å². The lowest BCUT2D eigenvalue weighted by Gasteiger charge is -2.30. The second kappa shape index (κ2) is 27.4. The molecular weight excluding hydrogens is 668 g/mol. The van der Waals surface area contributed by atoms with E-state index in [1.165, 1.54) is 32.4 Å². The van der Waals surface area contributed by atoms with Crippen molar-refractivity contribution in [3.63, 3.8) is 0 Å². The molecule has 12 heteroatoms. The molecule has 0 saturated carbocycles. The zero-order valence-electron chi connectivity index (χ0n) is 31.5. The van der Waals surface area contributed by atoms with Crippen molar-refractivity contribution in [2.24, 2.45) is 5.92 Å². The number of carboxylic acid groups (broad SMARTS) is 1. The number of carbonyl (C=O) groups excluding carboxylic acids is 4. The number of methoxy groups -OCH3 is 2. The van der Waals surface area contributed by atoms with Gasteiger partial charge in [-0.15, -0.1) is 5.92 Å². The fourth-order valence-electron chi connectivity index (χ4n) is 5.50. The number of hydrogen-bond acceptors (Lipinski definition) is 9. The predicted molar refractivity (Wildman–Crippen MR) is 198 cm³/mol. The highest BCUT2D eigenvalue weighted by atomic mass is 16.5. The SMILES string of the molecule is CC#CCOc1ccc(C[C@H](NC(=O)[C@@H](C=CCCCCCCC(=O)CCCCCCC)[C@@](O)(CC(=O)NCCCOC)C(=O)O)C(=O)OC)cc1. The molecule has 0 aromatic heterocycles. The minimum atomic E-state index is -2.83. The number of rotatable bonds is 29. The number of unbranched alkanes of at least 4 members (excludes halogenated alkanes) is 8. The molecule has 4 N–H and O–H groups in total. The van der Waals surface area contributed by atoms with Crippen LogP contribution in [-0.2, 0) is 39.9 Å². The second-order valence-electron chi connectivity index (χ2n) is 12.8. The van der Waals surface area contributed by atoms with Crippen molar-refractivity contribution in [2.75, 3.05) is 34.0 Å². The van der Waals surface area contributed by atoms with Crippen molar-refractivity contribution in [1.82, 2.24) is 10.6 Å². The van der Waals surface area contributed by atoms with Crippen molar-refractivity contribution in [1.29, 1.82) is 0 Å². The number of benzene rings is 1. The van der Waals surface area contributed by atoms with E-state index in [9.17, 15) is 34.2 Å². The van der Waals surface area contributed by atoms with Crippen LogP contribution in [0.3, 0.4) is 0 Å². The van der Waals surface area contributed by atoms with Gasteiger partial charge in [0.25, 0.3) is 0 Å². The van der Waals surface area contributed by atoms with Crippen molar-refractivity contribution < 1.29 is 48.4 Å². The Kier molecular flexibility index (Phi) is 24.2. The topological polar surface area (TPSA) is 178 Å². The highest BCUT2D eigenvalue weighted by Crippen LogP contribution is 2.26. The number of amides is 2. The van der Waals surface area contributed by atoms with Crippen molar-refractivity contribution in [3.05, 3.63) is 42.0 Å². The molecule has 0 unspecified atom stereocenters. The fourth-order valence-corrected chi connectivity index (χ4v) is 5.50. The second-order valence-corrected chi connectivity index (χ2v) is 12.8. The Morgan fingerprint density at radius 3 is 2.17 bits per heavy atom. The molecule has 0 aliphatic heterocycles. The van der Waals surface area contributed by atoms with Crippen LogP contribution in [0.4, 0.5) is 0 Å². The van der Waals surface area contributed by atoms with Gasteiger partial charge in [0.05, 0.1) is 19.4 Å². The summed E-state index contributed by atoms with van der Waals surface area (Å²) in [6, 6.07) is 5.57. The molecule has 0 heterocycles. The van der Waals surface area contributed by atoms with Gasteiger partial charge >= 0.3 is 11.9 Å². The monoisotopic (exact) mass is 728 g/mol. The summed E-state index contributed by atoms with van der Waals surface area (Å²) >= 11 is 0. The van der Waals surface area contributed by atoms with E-state index in [-0.39, 0.29) is 25.4 Å². The van der Waals surface area contributed by atoms with E-state index in [1.54, 1.807) is 37.3 Å². The summed E-state index contributed by atoms with van der Waals surface area (Å²) in [6.45, 7) is 4.62. The number of allylic oxidation sites excluding steroid dienone is 1. The van der Waals surface area contributed by atoms with E-state index < -0.39 is 47.7 Å². The van der Waals surface area contributed by atoms with E-state index in [4.69, 9.17) is 14.2 Å². The molecule has 1 rings (SSSR count). The van der Waals surface area contributed by atoms with Crippen LogP contribution < -0.4 is 15.4 Å². The van der Waals surface area contributed by atoms with Crippen LogP contribution in [0.2, 0.25) is 0 Å². The van der Waals surface area contributed by atoms with Gasteiger partial charge in [-0.3, -0.25) is 14.4 Å². The minimum Gasteiger partial charge on any atom is -0.481 e. The molecular formula is C40H60N2O10. The number of aliphatic hydroxyl groups is 1. The van der Waals surface area contributed by atoms with E-state index in [0.29, 0.717) is 50.0 Å². The molecule has 0 aliphatic carbocycles. The zero-order chi connectivity index (χ0) is 38.6. The van der Waals surface area contributed by atoms with E-state index in [2.05, 4.69) is 29.4 Å². The normalized spacial score (nSPS) is 13.2. The van der Waals surface area contributed by atoms with E-state index in [1.807, 2.05) is 0 Å². The number of carboxylic acids is 1. The number of nitrogens with one attached hydrogen (secondary N) is 2. The van der Waals surface area contributed by atoms with Crippen molar-refractivity contribution in [2.45, 2.75) is 122 Å². The Morgan fingerprint density at radius 1 is 0.923 bits per heavy atom. The summed E-state index contributed by atoms with van der Waals surface area (Å²) in [5.74, 6) is 0.381. The summed E-state index contributed by atoms with van der Waals surface area (Å²) in [5.41, 5.74) is -2.18. The third-order valence-electron chi connectivity index (χ3n) is 8.56. The lowest BCUT2D eigenvalue weighted by Crippen LogP contribution is -2.56. The predicted octanol–water partition coefficient (Wildman–Crippen LogP) is 5.09. The van der Waals surface area contributed by atoms with Gasteiger partial charge in [-0.05, 0) is 56.7 Å². The standard InChI is InChI=1S/C40H60N2O10/c1-5-7-9-12-15-19-32(43)20-16-13-10-11-14-17-21-34(40(49,39(47)48)30-36(44)41-26-18-27-50-3)37(45)42-35(38(46)51-4)29-31-22-24-33(25-23-31)52-28-8-6-2/h17,21-25,34-35,49H,5,7,9-16,18-20,26-30H2,1-4H3,(H,41,44)(H,42,45)(H,47,48)/t34-,35+,40+/m1/s1. The van der Waals surface area contributed by atoms with Crippen LogP contribution >= 0.6 is 0 Å². The average molecular weight is 729 g/mol. The molecule has 0 radical (unpaired) electrons. The smallest absolute Gasteiger partial charge is 0.337 e. The summed E-state index contributed by atoms with van der Waals surface area (Å²) in [6.07, 6.45) is 12.8. The molecule has 3 atom stereocenters. The molecule has 0 bridgehead atoms. The zero-order valence-corrected chi connectivity index (χ0v) is 31.5. The molecule has 0 spiro atoms. The Labute approximate surface area is 309 Å². The largest absolute Gasteiger partial charge is 0.481 e. The number of esters is 1. The van der Waals surface area contributed by atoms with Crippen LogP contribution in [0.5, 0.6) is 5.75 Å². The molecule has 1 aromatic rings. The first-order valence-electron chi connectivity index (χ1n) is 18.4. The Bertz CT molecular complexity index is 1320. The van der Waals surface area contributed by atoms with Crippen LogP contribution in [0.25, 0.3) is 0 Å². The molecule has 0 fully saturated rings. The van der Waals surface area contributed by atoms with Crippen molar-refractivity contribution in [3.8, 4) is 17.6 Å². The number of hydrogen-bond donors (Lipinski definition) is 4. The van der Waals surface area contributed by atoms with Crippen molar-refractivity contribution >= 4 is 29.5 Å². The lowest BCUT2D eigenvalue weighted by molar-refractivity contribution is -0.169. The first-order valence-corrected chi connectivity index (χ1v) is 18.4. The highest BCUT2D eigenvalue weighted by Gasteiger charge is 2.49. The van der Waals surface area contributed by atoms with Gasteiger partial charge in [0.2, 0.25) is 11.8 Å². The third-order valence-corrected chi connectivity index (χ3v) is 8.56. The van der Waals surface area contributed by atoms with Gasteiger partial charge in [-0.2, -0.15) is 0 Å². The number of carbonyl (C=O) groups is 5. The van der Waals surface area contributed by atoms with Gasteiger partial charge in [-0.25, -0.2) is 9.59 Å². The molecule has 0 aliphatic rings. The number of ether oxygens (including phenoxy) is 3. The van der Waals surface area contributed by atoms with Gasteiger partial charge in [-0.1, -0.05) is 75.7 Å². The number of Topliss-reactive ketones (excluding diaryl/α,β-unsaturated/α-hetero) is 1. The first-order chi connectivity index (χ1) is 25.0. The third kappa shape index (κ3) is 18.9. The quantitative estimate of drug-likeness (QED) is 0.0376. The maximum Gasteiger partial charge on any atom is 0.337 e. The summed E-state index contributed by atoms with van der Waals surface area (Å²) in [7, 11) is 2.67. The van der Waals surface area contributed by atoms with Crippen LogP contribution in [0.15, 0.2) is 36.4 Å². The summed E-state index contributed by atoms with van der Waals surface area (Å²) in [4.78, 5) is 64.1. The molecule has 290 valence electrons. The highest BCUT2D eigenvalue weighted by molar-refractivity contribution is 5.95. The Balaban J connectivity index is 3.03. The van der Waals surface area contributed by atoms with Crippen LogP contribution in [0, 0.1) is 17.8 Å². The van der Waals surface area contributed by atoms with Crippen LogP contribution in [0.1, 0.15) is 109 Å². The average Bonchev–Trinajstić information content (AvgIpc) is 3.12. The van der Waals surface area contributed by atoms with E-state index >= 15 is 0 Å². The summed E-state index contributed by atoms with van der Waals surface area (Å²) in [5, 5.41) is 26.7. The lowest BCUT2D eigenvalue weighted by atomic mass is 9.82. The number of ketones is 1. The maximum atomic E-state index is 13.8. The molecule has 1 aromatic carbocycles. The molecule has 12 nitrogen and oxygen atoms in total. The fraction of sp³-hybridized carbons (Fsp3) is 0.625. The number of aliphatic carboxylic acids is 1. The maximum absolute atomic E-state index is 13.8. The minimum absolute atomic E-state index is 0.00324. The van der Waals surface area contributed by atoms with Crippen LogP contribution in [-0.4, -0.2) is 85.4 Å². The Hall–Kier alpha value is -4.21. The van der Waals surface area contributed by atoms with Gasteiger partial charge < -0.3 is 35.1 Å². The Morgan fingerprint density at radius 2 is 1.58 bits per heavy atom.